The molecule has 1 saturated heterocycles. The zero-order valence-corrected chi connectivity index (χ0v) is 23.2. The van der Waals surface area contributed by atoms with Crippen molar-refractivity contribution in [1.82, 2.24) is 29.5 Å². The number of halogens is 3. The Bertz CT molecular complexity index is 1510. The Morgan fingerprint density at radius 3 is 2.63 bits per heavy atom. The number of aliphatic hydroxyl groups is 1. The molecule has 0 radical (unpaired) electrons. The monoisotopic (exact) mass is 573 g/mol. The van der Waals surface area contributed by atoms with Crippen LogP contribution < -0.4 is 10.6 Å². The number of fused-ring (bicyclic) bond motifs is 1. The lowest BCUT2D eigenvalue weighted by atomic mass is 10.0. The van der Waals surface area contributed by atoms with Gasteiger partial charge in [0.1, 0.15) is 6.54 Å². The third-order valence-corrected chi connectivity index (χ3v) is 7.04. The lowest BCUT2D eigenvalue weighted by molar-refractivity contribution is -0.139. The Labute approximate surface area is 235 Å². The van der Waals surface area contributed by atoms with Gasteiger partial charge >= 0.3 is 6.18 Å². The van der Waals surface area contributed by atoms with Gasteiger partial charge < -0.3 is 34.3 Å². The van der Waals surface area contributed by atoms with Gasteiger partial charge in [-0.25, -0.2) is 0 Å². The molecule has 1 aliphatic heterocycles. The minimum Gasteiger partial charge on any atom is -0.389 e. The van der Waals surface area contributed by atoms with Gasteiger partial charge in [0.05, 0.1) is 35.5 Å². The number of hydrogen-bond donors (Lipinski definition) is 3. The minimum atomic E-state index is -4.47. The number of likely N-dealkylation sites (tertiary alicyclic amines) is 1. The first-order chi connectivity index (χ1) is 19.3. The van der Waals surface area contributed by atoms with E-state index in [1.165, 1.54) is 0 Å². The molecule has 3 N–H and O–H groups in total. The topological polar surface area (TPSA) is 113 Å². The molecule has 0 bridgehead atoms. The van der Waals surface area contributed by atoms with E-state index in [1.807, 2.05) is 6.07 Å². The van der Waals surface area contributed by atoms with E-state index in [2.05, 4.69) is 32.7 Å². The lowest BCUT2D eigenvalue weighted by Crippen LogP contribution is -2.36. The molecular formula is C28H34F3N7O3. The van der Waals surface area contributed by atoms with E-state index in [1.54, 1.807) is 55.1 Å². The molecule has 4 heterocycles. The number of anilines is 1. The molecular weight excluding hydrogens is 539 g/mol. The number of carbonyl (C=O) groups is 1. The van der Waals surface area contributed by atoms with Crippen LogP contribution >= 0.6 is 0 Å². The highest BCUT2D eigenvalue weighted by Crippen LogP contribution is 2.35. The van der Waals surface area contributed by atoms with Crippen molar-refractivity contribution in [3.63, 3.8) is 0 Å². The van der Waals surface area contributed by atoms with E-state index in [0.29, 0.717) is 23.0 Å². The van der Waals surface area contributed by atoms with Gasteiger partial charge in [0.2, 0.25) is 11.7 Å². The number of hydrogen-bond acceptors (Lipinski definition) is 7. The number of amides is 1. The van der Waals surface area contributed by atoms with Crippen molar-refractivity contribution in [2.75, 3.05) is 25.5 Å². The van der Waals surface area contributed by atoms with Crippen LogP contribution in [-0.4, -0.2) is 73.1 Å². The fraction of sp³-hybridized carbons (Fsp3) is 0.464. The number of nitrogens with one attached hydrogen (secondary N) is 2. The van der Waals surface area contributed by atoms with Crippen molar-refractivity contribution in [3.05, 3.63) is 54.2 Å². The van der Waals surface area contributed by atoms with E-state index in [-0.39, 0.29) is 30.0 Å². The molecule has 0 spiro atoms. The van der Waals surface area contributed by atoms with E-state index < -0.39 is 24.2 Å². The van der Waals surface area contributed by atoms with E-state index in [0.717, 1.165) is 36.2 Å². The van der Waals surface area contributed by atoms with Crippen molar-refractivity contribution in [1.29, 1.82) is 0 Å². The normalized spacial score (nSPS) is 15.5. The van der Waals surface area contributed by atoms with Crippen LogP contribution in [0.15, 0.2) is 47.2 Å². The molecule has 0 unspecified atom stereocenters. The summed E-state index contributed by atoms with van der Waals surface area (Å²) >= 11 is 0. The molecule has 0 atom stereocenters. The molecule has 1 amide bonds. The number of aromatic nitrogens is 4. The Morgan fingerprint density at radius 2 is 1.93 bits per heavy atom. The SMILES string of the molecule is CN1CCC(Nc2cccc3c2cc(-c2noc(CNC(=O)c4ccn(CC(C)(C)O)c4)n2)n3CC(F)(F)F)CC1. The molecule has 220 valence electrons. The van der Waals surface area contributed by atoms with Crippen molar-refractivity contribution < 1.29 is 27.6 Å². The van der Waals surface area contributed by atoms with Crippen LogP contribution in [0, 0.1) is 0 Å². The highest BCUT2D eigenvalue weighted by atomic mass is 19.4. The molecule has 13 heteroatoms. The number of piperidine rings is 1. The molecule has 41 heavy (non-hydrogen) atoms. The van der Waals surface area contributed by atoms with Gasteiger partial charge in [0, 0.05) is 29.5 Å². The van der Waals surface area contributed by atoms with Crippen LogP contribution in [0.25, 0.3) is 22.4 Å². The first-order valence-corrected chi connectivity index (χ1v) is 13.5. The summed E-state index contributed by atoms with van der Waals surface area (Å²) in [7, 11) is 2.07. The van der Waals surface area contributed by atoms with Gasteiger partial charge in [0.15, 0.2) is 0 Å². The summed E-state index contributed by atoms with van der Waals surface area (Å²) < 4.78 is 49.1. The molecule has 4 aromatic rings. The van der Waals surface area contributed by atoms with Gasteiger partial charge in [-0.05, 0) is 71.1 Å². The molecule has 1 fully saturated rings. The second-order valence-corrected chi connectivity index (χ2v) is 11.3. The summed E-state index contributed by atoms with van der Waals surface area (Å²) in [6.07, 6.45) is 0.701. The van der Waals surface area contributed by atoms with Crippen LogP contribution in [0.1, 0.15) is 42.9 Å². The Kier molecular flexibility index (Phi) is 7.84. The second-order valence-electron chi connectivity index (χ2n) is 11.3. The standard InChI is InChI=1S/C28H34F3N7O3/c1-27(2,40)16-37-12-7-18(15-37)26(39)32-14-24-34-25(35-41-24)23-13-20-21(33-19-8-10-36(3)11-9-19)5-4-6-22(20)38(23)17-28(29,30)31/h4-7,12-13,15,19,33,40H,8-11,14,16-17H2,1-3H3,(H,32,39). The average molecular weight is 574 g/mol. The van der Waals surface area contributed by atoms with Crippen LogP contribution in [0.2, 0.25) is 0 Å². The van der Waals surface area contributed by atoms with Crippen molar-refractivity contribution in [2.24, 2.45) is 0 Å². The van der Waals surface area contributed by atoms with Gasteiger partial charge in [-0.15, -0.1) is 0 Å². The Hall–Kier alpha value is -3.84. The highest BCUT2D eigenvalue weighted by molar-refractivity contribution is 5.96. The zero-order valence-electron chi connectivity index (χ0n) is 23.2. The molecule has 1 aromatic carbocycles. The number of alkyl halides is 3. The first-order valence-electron chi connectivity index (χ1n) is 13.5. The number of benzene rings is 1. The zero-order chi connectivity index (χ0) is 29.4. The molecule has 1 aliphatic rings. The maximum absolute atomic E-state index is 13.7. The van der Waals surface area contributed by atoms with Crippen molar-refractivity contribution in [3.8, 4) is 11.5 Å². The number of rotatable bonds is 9. The summed E-state index contributed by atoms with van der Waals surface area (Å²) in [5.41, 5.74) is 0.770. The third-order valence-electron chi connectivity index (χ3n) is 7.04. The lowest BCUT2D eigenvalue weighted by Gasteiger charge is -2.30. The highest BCUT2D eigenvalue weighted by Gasteiger charge is 2.31. The summed E-state index contributed by atoms with van der Waals surface area (Å²) in [5.74, 6) is -0.343. The van der Waals surface area contributed by atoms with E-state index in [4.69, 9.17) is 4.52 Å². The van der Waals surface area contributed by atoms with Crippen LogP contribution in [0.3, 0.4) is 0 Å². The summed E-state index contributed by atoms with van der Waals surface area (Å²) in [4.78, 5) is 19.2. The van der Waals surface area contributed by atoms with Crippen molar-refractivity contribution >= 4 is 22.5 Å². The molecule has 3 aromatic heterocycles. The fourth-order valence-corrected chi connectivity index (χ4v) is 5.13. The van der Waals surface area contributed by atoms with Gasteiger partial charge in [0.25, 0.3) is 5.91 Å². The largest absolute Gasteiger partial charge is 0.406 e. The number of nitrogens with zero attached hydrogens (tertiary/aromatic N) is 5. The maximum atomic E-state index is 13.7. The molecule has 0 aliphatic carbocycles. The van der Waals surface area contributed by atoms with Gasteiger partial charge in [-0.1, -0.05) is 11.2 Å². The van der Waals surface area contributed by atoms with Crippen LogP contribution in [-0.2, 0) is 19.6 Å². The quantitative estimate of drug-likeness (QED) is 0.274. The Balaban J connectivity index is 1.36. The fourth-order valence-electron chi connectivity index (χ4n) is 5.13. The molecule has 5 rings (SSSR count). The van der Waals surface area contributed by atoms with Crippen LogP contribution in [0.5, 0.6) is 0 Å². The predicted molar refractivity (Wildman–Crippen MR) is 147 cm³/mol. The smallest absolute Gasteiger partial charge is 0.389 e. The third kappa shape index (κ3) is 7.09. The average Bonchev–Trinajstić information content (AvgIpc) is 3.62. The van der Waals surface area contributed by atoms with E-state index in [9.17, 15) is 23.1 Å². The van der Waals surface area contributed by atoms with Gasteiger partial charge in [-0.3, -0.25) is 4.79 Å². The maximum Gasteiger partial charge on any atom is 0.406 e. The second kappa shape index (κ2) is 11.2. The Morgan fingerprint density at radius 1 is 1.17 bits per heavy atom. The van der Waals surface area contributed by atoms with Crippen molar-refractivity contribution in [2.45, 2.75) is 64.1 Å². The first kappa shape index (κ1) is 28.7. The molecule has 0 saturated carbocycles. The van der Waals surface area contributed by atoms with Crippen LogP contribution in [0.4, 0.5) is 18.9 Å². The number of carbonyl (C=O) groups excluding carboxylic acids is 1. The predicted octanol–water partition coefficient (Wildman–Crippen LogP) is 4.26. The minimum absolute atomic E-state index is 0.00345. The van der Waals surface area contributed by atoms with Gasteiger partial charge in [-0.2, -0.15) is 18.2 Å². The summed E-state index contributed by atoms with van der Waals surface area (Å²) in [6, 6.07) is 8.75. The summed E-state index contributed by atoms with van der Waals surface area (Å²) in [6.45, 7) is 4.22. The van der Waals surface area contributed by atoms with E-state index >= 15 is 0 Å². The molecule has 10 nitrogen and oxygen atoms in total. The summed E-state index contributed by atoms with van der Waals surface area (Å²) in [5, 5.41) is 20.8.